The van der Waals surface area contributed by atoms with Crippen LogP contribution in [0.3, 0.4) is 0 Å². The molecule has 0 heterocycles. The van der Waals surface area contributed by atoms with Crippen molar-refractivity contribution in [1.82, 2.24) is 5.32 Å². The SMILES string of the molecule is CC(C)[C@H](CCC(=O)O)NC(=O)CC[C@H](N)C(C)C. The molecule has 5 nitrogen and oxygen atoms in total. The van der Waals surface area contributed by atoms with Crippen LogP contribution < -0.4 is 11.1 Å². The number of carbonyl (C=O) groups is 2. The molecular weight excluding hydrogens is 244 g/mol. The van der Waals surface area contributed by atoms with E-state index in [-0.39, 0.29) is 30.3 Å². The quantitative estimate of drug-likeness (QED) is 0.596. The van der Waals surface area contributed by atoms with Crippen molar-refractivity contribution in [2.24, 2.45) is 17.6 Å². The van der Waals surface area contributed by atoms with E-state index < -0.39 is 5.97 Å². The predicted octanol–water partition coefficient (Wildman–Crippen LogP) is 1.76. The lowest BCUT2D eigenvalue weighted by Gasteiger charge is -2.22. The summed E-state index contributed by atoms with van der Waals surface area (Å²) in [6.07, 6.45) is 1.60. The maximum absolute atomic E-state index is 11.8. The largest absolute Gasteiger partial charge is 0.481 e. The molecule has 5 heteroatoms. The average molecular weight is 272 g/mol. The van der Waals surface area contributed by atoms with Crippen LogP contribution in [0.25, 0.3) is 0 Å². The van der Waals surface area contributed by atoms with Crippen molar-refractivity contribution in [1.29, 1.82) is 0 Å². The molecular formula is C14H28N2O3. The van der Waals surface area contributed by atoms with Crippen LogP contribution in [0.5, 0.6) is 0 Å². The lowest BCUT2D eigenvalue weighted by atomic mass is 9.97. The van der Waals surface area contributed by atoms with Crippen molar-refractivity contribution in [2.75, 3.05) is 0 Å². The molecule has 0 rings (SSSR count). The zero-order valence-electron chi connectivity index (χ0n) is 12.5. The predicted molar refractivity (Wildman–Crippen MR) is 75.7 cm³/mol. The number of carboxylic acids is 1. The zero-order valence-corrected chi connectivity index (χ0v) is 12.5. The molecule has 0 saturated carbocycles. The second-order valence-electron chi connectivity index (χ2n) is 5.80. The monoisotopic (exact) mass is 272 g/mol. The van der Waals surface area contributed by atoms with Gasteiger partial charge in [0.05, 0.1) is 0 Å². The topological polar surface area (TPSA) is 92.4 Å². The zero-order chi connectivity index (χ0) is 15.0. The maximum atomic E-state index is 11.8. The summed E-state index contributed by atoms with van der Waals surface area (Å²) in [6, 6.07) is -0.0545. The fourth-order valence-electron chi connectivity index (χ4n) is 1.76. The number of amides is 1. The molecule has 0 aromatic carbocycles. The van der Waals surface area contributed by atoms with Gasteiger partial charge in [0.25, 0.3) is 0 Å². The Morgan fingerprint density at radius 1 is 1.05 bits per heavy atom. The summed E-state index contributed by atoms with van der Waals surface area (Å²) in [5.74, 6) is -0.287. The number of carbonyl (C=O) groups excluding carboxylic acids is 1. The third-order valence-corrected chi connectivity index (χ3v) is 3.38. The summed E-state index contributed by atoms with van der Waals surface area (Å²) in [4.78, 5) is 22.4. The van der Waals surface area contributed by atoms with E-state index >= 15 is 0 Å². The molecule has 19 heavy (non-hydrogen) atoms. The summed E-state index contributed by atoms with van der Waals surface area (Å²) in [6.45, 7) is 8.03. The van der Waals surface area contributed by atoms with E-state index in [0.717, 1.165) is 0 Å². The van der Waals surface area contributed by atoms with Crippen LogP contribution in [0.15, 0.2) is 0 Å². The summed E-state index contributed by atoms with van der Waals surface area (Å²) in [5.41, 5.74) is 5.90. The fraction of sp³-hybridized carbons (Fsp3) is 0.857. The van der Waals surface area contributed by atoms with Crippen molar-refractivity contribution in [3.63, 3.8) is 0 Å². The molecule has 0 saturated heterocycles. The summed E-state index contributed by atoms with van der Waals surface area (Å²) >= 11 is 0. The van der Waals surface area contributed by atoms with Crippen LogP contribution in [0.2, 0.25) is 0 Å². The minimum Gasteiger partial charge on any atom is -0.481 e. The van der Waals surface area contributed by atoms with Gasteiger partial charge in [-0.1, -0.05) is 27.7 Å². The highest BCUT2D eigenvalue weighted by Gasteiger charge is 2.18. The van der Waals surface area contributed by atoms with Crippen molar-refractivity contribution in [3.05, 3.63) is 0 Å². The molecule has 0 bridgehead atoms. The van der Waals surface area contributed by atoms with E-state index in [1.807, 2.05) is 27.7 Å². The van der Waals surface area contributed by atoms with Crippen LogP contribution in [0, 0.1) is 11.8 Å². The van der Waals surface area contributed by atoms with Gasteiger partial charge >= 0.3 is 5.97 Å². The number of nitrogens with one attached hydrogen (secondary N) is 1. The Morgan fingerprint density at radius 3 is 2.05 bits per heavy atom. The number of carboxylic acid groups (broad SMARTS) is 1. The third kappa shape index (κ3) is 8.59. The van der Waals surface area contributed by atoms with Crippen LogP contribution in [-0.2, 0) is 9.59 Å². The van der Waals surface area contributed by atoms with Crippen molar-refractivity contribution in [2.45, 2.75) is 65.5 Å². The molecule has 0 fully saturated rings. The van der Waals surface area contributed by atoms with Gasteiger partial charge in [-0.05, 0) is 24.7 Å². The smallest absolute Gasteiger partial charge is 0.303 e. The number of aliphatic carboxylic acids is 1. The Balaban J connectivity index is 4.13. The maximum Gasteiger partial charge on any atom is 0.303 e. The summed E-state index contributed by atoms with van der Waals surface area (Å²) in [5, 5.41) is 11.6. The Hall–Kier alpha value is -1.10. The van der Waals surface area contributed by atoms with E-state index in [1.165, 1.54) is 0 Å². The van der Waals surface area contributed by atoms with Gasteiger partial charge in [0.2, 0.25) is 5.91 Å². The number of hydrogen-bond donors (Lipinski definition) is 3. The highest BCUT2D eigenvalue weighted by molar-refractivity contribution is 5.76. The van der Waals surface area contributed by atoms with Crippen LogP contribution >= 0.6 is 0 Å². The lowest BCUT2D eigenvalue weighted by Crippen LogP contribution is -2.39. The van der Waals surface area contributed by atoms with Gasteiger partial charge in [-0.15, -0.1) is 0 Å². The van der Waals surface area contributed by atoms with Gasteiger partial charge < -0.3 is 16.2 Å². The van der Waals surface area contributed by atoms with E-state index in [9.17, 15) is 9.59 Å². The summed E-state index contributed by atoms with van der Waals surface area (Å²) in [7, 11) is 0. The van der Waals surface area contributed by atoms with Gasteiger partial charge in [-0.2, -0.15) is 0 Å². The van der Waals surface area contributed by atoms with Gasteiger partial charge in [0.15, 0.2) is 0 Å². The second kappa shape index (κ2) is 8.91. The normalized spacial score (nSPS) is 14.5. The molecule has 0 radical (unpaired) electrons. The summed E-state index contributed by atoms with van der Waals surface area (Å²) < 4.78 is 0. The van der Waals surface area contributed by atoms with Crippen molar-refractivity contribution in [3.8, 4) is 0 Å². The van der Waals surface area contributed by atoms with Crippen molar-refractivity contribution >= 4 is 11.9 Å². The van der Waals surface area contributed by atoms with Crippen LogP contribution in [0.4, 0.5) is 0 Å². The third-order valence-electron chi connectivity index (χ3n) is 3.38. The van der Waals surface area contributed by atoms with Gasteiger partial charge in [-0.25, -0.2) is 0 Å². The lowest BCUT2D eigenvalue weighted by molar-refractivity contribution is -0.137. The van der Waals surface area contributed by atoms with Gasteiger partial charge in [-0.3, -0.25) is 9.59 Å². The Morgan fingerprint density at radius 2 is 1.63 bits per heavy atom. The standard InChI is InChI=1S/C14H28N2O3/c1-9(2)11(15)5-7-13(17)16-12(10(3)4)6-8-14(18)19/h9-12H,5-8,15H2,1-4H3,(H,16,17)(H,18,19)/t11-,12-/m0/s1. The van der Waals surface area contributed by atoms with Gasteiger partial charge in [0, 0.05) is 24.9 Å². The molecule has 0 unspecified atom stereocenters. The number of rotatable bonds is 9. The number of hydrogen-bond acceptors (Lipinski definition) is 3. The molecule has 0 aromatic heterocycles. The van der Waals surface area contributed by atoms with E-state index in [4.69, 9.17) is 10.8 Å². The molecule has 0 aliphatic rings. The molecule has 0 aliphatic heterocycles. The number of nitrogens with two attached hydrogens (primary N) is 1. The molecule has 0 aliphatic carbocycles. The van der Waals surface area contributed by atoms with E-state index in [2.05, 4.69) is 5.32 Å². The Kier molecular flexibility index (Phi) is 8.39. The minimum absolute atomic E-state index is 0.0299. The van der Waals surface area contributed by atoms with Crippen molar-refractivity contribution < 1.29 is 14.7 Å². The second-order valence-corrected chi connectivity index (χ2v) is 5.80. The molecule has 4 N–H and O–H groups in total. The molecule has 2 atom stereocenters. The molecule has 0 aromatic rings. The molecule has 112 valence electrons. The van der Waals surface area contributed by atoms with Crippen LogP contribution in [-0.4, -0.2) is 29.1 Å². The highest BCUT2D eigenvalue weighted by Crippen LogP contribution is 2.10. The molecule has 1 amide bonds. The van der Waals surface area contributed by atoms with Crippen LogP contribution in [0.1, 0.15) is 53.4 Å². The highest BCUT2D eigenvalue weighted by atomic mass is 16.4. The first-order valence-corrected chi connectivity index (χ1v) is 7.00. The van der Waals surface area contributed by atoms with E-state index in [0.29, 0.717) is 25.2 Å². The first-order valence-electron chi connectivity index (χ1n) is 7.00. The van der Waals surface area contributed by atoms with Gasteiger partial charge in [0.1, 0.15) is 0 Å². The van der Waals surface area contributed by atoms with E-state index in [1.54, 1.807) is 0 Å². The average Bonchev–Trinajstić information content (AvgIpc) is 2.30. The molecule has 0 spiro atoms. The minimum atomic E-state index is -0.832. The first-order chi connectivity index (χ1) is 8.73. The Labute approximate surface area is 115 Å². The Bertz CT molecular complexity index is 290. The first kappa shape index (κ1) is 17.9. The fourth-order valence-corrected chi connectivity index (χ4v) is 1.76.